The van der Waals surface area contributed by atoms with Gasteiger partial charge in [-0.3, -0.25) is 13.9 Å². The Kier molecular flexibility index (Phi) is 9.05. The van der Waals surface area contributed by atoms with Crippen molar-refractivity contribution in [2.75, 3.05) is 17.1 Å². The monoisotopic (exact) mass is 473 g/mol. The number of amides is 2. The maximum Gasteiger partial charge on any atom is 0.244 e. The maximum absolute atomic E-state index is 13.5. The van der Waals surface area contributed by atoms with Gasteiger partial charge in [0.05, 0.1) is 11.9 Å². The van der Waals surface area contributed by atoms with Crippen molar-refractivity contribution in [2.24, 2.45) is 0 Å². The molecule has 0 aromatic heterocycles. The van der Waals surface area contributed by atoms with E-state index >= 15 is 0 Å². The molecule has 2 unspecified atom stereocenters. The van der Waals surface area contributed by atoms with Gasteiger partial charge in [0, 0.05) is 12.6 Å². The lowest BCUT2D eigenvalue weighted by Crippen LogP contribution is -2.52. The molecular formula is C25H35N3O4S. The Labute approximate surface area is 197 Å². The summed E-state index contributed by atoms with van der Waals surface area (Å²) in [5.41, 5.74) is 3.18. The molecular weight excluding hydrogens is 438 g/mol. The lowest BCUT2D eigenvalue weighted by atomic mass is 10.1. The van der Waals surface area contributed by atoms with Gasteiger partial charge in [-0.2, -0.15) is 0 Å². The minimum Gasteiger partial charge on any atom is -0.352 e. The molecule has 2 amide bonds. The van der Waals surface area contributed by atoms with E-state index < -0.39 is 28.5 Å². The number of hydrogen-bond donors (Lipinski definition) is 1. The van der Waals surface area contributed by atoms with Crippen molar-refractivity contribution >= 4 is 27.5 Å². The molecule has 0 saturated carbocycles. The average molecular weight is 474 g/mol. The number of hydrogen-bond acceptors (Lipinski definition) is 4. The molecule has 2 aromatic carbocycles. The van der Waals surface area contributed by atoms with Gasteiger partial charge in [0.25, 0.3) is 0 Å². The van der Waals surface area contributed by atoms with Crippen LogP contribution in [-0.4, -0.2) is 50.0 Å². The molecule has 8 heteroatoms. The van der Waals surface area contributed by atoms with Crippen molar-refractivity contribution in [2.45, 2.75) is 59.7 Å². The summed E-state index contributed by atoms with van der Waals surface area (Å²) in [4.78, 5) is 27.9. The number of nitrogens with zero attached hydrogens (tertiary/aromatic N) is 2. The number of benzene rings is 2. The molecule has 0 radical (unpaired) electrons. The molecule has 0 aliphatic carbocycles. The Morgan fingerprint density at radius 1 is 1.03 bits per heavy atom. The van der Waals surface area contributed by atoms with E-state index in [0.717, 1.165) is 33.7 Å². The van der Waals surface area contributed by atoms with E-state index in [9.17, 15) is 18.0 Å². The van der Waals surface area contributed by atoms with Gasteiger partial charge in [0.2, 0.25) is 21.8 Å². The van der Waals surface area contributed by atoms with Crippen molar-refractivity contribution in [3.8, 4) is 0 Å². The van der Waals surface area contributed by atoms with Crippen molar-refractivity contribution in [3.63, 3.8) is 0 Å². The number of carbonyl (C=O) groups excluding carboxylic acids is 2. The van der Waals surface area contributed by atoms with Crippen molar-refractivity contribution in [1.82, 2.24) is 10.2 Å². The van der Waals surface area contributed by atoms with Gasteiger partial charge in [-0.15, -0.1) is 0 Å². The lowest BCUT2D eigenvalue weighted by Gasteiger charge is -2.32. The third-order valence-corrected chi connectivity index (χ3v) is 6.88. The highest BCUT2D eigenvalue weighted by molar-refractivity contribution is 7.92. The Hall–Kier alpha value is -2.87. The van der Waals surface area contributed by atoms with Crippen LogP contribution in [0.3, 0.4) is 0 Å². The third kappa shape index (κ3) is 7.32. The molecule has 7 nitrogen and oxygen atoms in total. The zero-order valence-electron chi connectivity index (χ0n) is 20.3. The van der Waals surface area contributed by atoms with Crippen LogP contribution in [0.25, 0.3) is 0 Å². The molecule has 0 aliphatic heterocycles. The fourth-order valence-corrected chi connectivity index (χ4v) is 4.26. The summed E-state index contributed by atoms with van der Waals surface area (Å²) in [6.07, 6.45) is 1.84. The predicted octanol–water partition coefficient (Wildman–Crippen LogP) is 3.40. The van der Waals surface area contributed by atoms with E-state index in [-0.39, 0.29) is 18.5 Å². The highest BCUT2D eigenvalue weighted by atomic mass is 32.2. The van der Waals surface area contributed by atoms with Gasteiger partial charge in [-0.1, -0.05) is 43.3 Å². The third-order valence-electron chi connectivity index (χ3n) is 5.74. The van der Waals surface area contributed by atoms with Crippen molar-refractivity contribution in [1.29, 1.82) is 0 Å². The number of nitrogens with one attached hydrogen (secondary N) is 1. The fraction of sp³-hybridized carbons (Fsp3) is 0.440. The van der Waals surface area contributed by atoms with Crippen LogP contribution in [0.4, 0.5) is 5.69 Å². The van der Waals surface area contributed by atoms with Crippen LogP contribution >= 0.6 is 0 Å². The summed E-state index contributed by atoms with van der Waals surface area (Å²) in [6, 6.07) is 13.8. The highest BCUT2D eigenvalue weighted by Gasteiger charge is 2.30. The number of aryl methyl sites for hydroxylation is 2. The molecule has 180 valence electrons. The smallest absolute Gasteiger partial charge is 0.244 e. The molecule has 0 fully saturated rings. The largest absolute Gasteiger partial charge is 0.352 e. The topological polar surface area (TPSA) is 86.8 Å². The number of sulfonamides is 1. The van der Waals surface area contributed by atoms with Crippen LogP contribution in [0.2, 0.25) is 0 Å². The second-order valence-electron chi connectivity index (χ2n) is 8.55. The quantitative estimate of drug-likeness (QED) is 0.573. The first kappa shape index (κ1) is 26.4. The molecule has 0 heterocycles. The molecule has 2 rings (SSSR count). The van der Waals surface area contributed by atoms with Gasteiger partial charge in [0.15, 0.2) is 0 Å². The summed E-state index contributed by atoms with van der Waals surface area (Å²) < 4.78 is 26.2. The van der Waals surface area contributed by atoms with Crippen LogP contribution in [0.15, 0.2) is 48.5 Å². The average Bonchev–Trinajstić information content (AvgIpc) is 2.75. The standard InChI is InChI=1S/C25H35N3O4S/c1-7-20(4)26-25(30)21(5)27(16-22-13-9-8-12-19(22)3)24(29)17-28(33(6,31)32)23-14-10-11-18(2)15-23/h8-15,20-21H,7,16-17H2,1-6H3,(H,26,30). The molecule has 0 saturated heterocycles. The Morgan fingerprint density at radius 2 is 1.70 bits per heavy atom. The SMILES string of the molecule is CCC(C)NC(=O)C(C)N(Cc1ccccc1C)C(=O)CN(c1cccc(C)c1)S(C)(=O)=O. The minimum atomic E-state index is -3.73. The first-order chi connectivity index (χ1) is 15.4. The van der Waals surface area contributed by atoms with Crippen LogP contribution in [0.5, 0.6) is 0 Å². The maximum atomic E-state index is 13.5. The van der Waals surface area contributed by atoms with Crippen molar-refractivity contribution < 1.29 is 18.0 Å². The summed E-state index contributed by atoms with van der Waals surface area (Å²) in [6.45, 7) is 9.15. The van der Waals surface area contributed by atoms with Gasteiger partial charge in [-0.25, -0.2) is 8.42 Å². The Balaban J connectivity index is 2.40. The van der Waals surface area contributed by atoms with Gasteiger partial charge in [-0.05, 0) is 62.9 Å². The molecule has 1 N–H and O–H groups in total. The fourth-order valence-electron chi connectivity index (χ4n) is 3.42. The summed E-state index contributed by atoms with van der Waals surface area (Å²) in [5.74, 6) is -0.718. The number of carbonyl (C=O) groups is 2. The van der Waals surface area contributed by atoms with Gasteiger partial charge >= 0.3 is 0 Å². The predicted molar refractivity (Wildman–Crippen MR) is 132 cm³/mol. The second-order valence-corrected chi connectivity index (χ2v) is 10.5. The highest BCUT2D eigenvalue weighted by Crippen LogP contribution is 2.20. The van der Waals surface area contributed by atoms with E-state index in [0.29, 0.717) is 5.69 Å². The van der Waals surface area contributed by atoms with Crippen LogP contribution in [0, 0.1) is 13.8 Å². The van der Waals surface area contributed by atoms with Crippen LogP contribution in [0.1, 0.15) is 43.9 Å². The summed E-state index contributed by atoms with van der Waals surface area (Å²) in [7, 11) is -3.73. The van der Waals surface area contributed by atoms with E-state index in [1.54, 1.807) is 25.1 Å². The van der Waals surface area contributed by atoms with E-state index in [1.165, 1.54) is 4.90 Å². The van der Waals surface area contributed by atoms with Gasteiger partial charge in [0.1, 0.15) is 12.6 Å². The van der Waals surface area contributed by atoms with Crippen LogP contribution in [-0.2, 0) is 26.2 Å². The minimum absolute atomic E-state index is 0.0322. The zero-order chi connectivity index (χ0) is 24.8. The Morgan fingerprint density at radius 3 is 2.27 bits per heavy atom. The summed E-state index contributed by atoms with van der Waals surface area (Å²) >= 11 is 0. The van der Waals surface area contributed by atoms with Crippen LogP contribution < -0.4 is 9.62 Å². The first-order valence-electron chi connectivity index (χ1n) is 11.1. The Bertz CT molecular complexity index is 1080. The van der Waals surface area contributed by atoms with Gasteiger partial charge < -0.3 is 10.2 Å². The van der Waals surface area contributed by atoms with E-state index in [1.807, 2.05) is 58.0 Å². The normalized spacial score (nSPS) is 13.2. The summed E-state index contributed by atoms with van der Waals surface area (Å²) in [5, 5.41) is 2.92. The molecule has 0 aliphatic rings. The molecule has 2 aromatic rings. The molecule has 33 heavy (non-hydrogen) atoms. The molecule has 0 spiro atoms. The molecule has 0 bridgehead atoms. The van der Waals surface area contributed by atoms with Crippen molar-refractivity contribution in [3.05, 3.63) is 65.2 Å². The van der Waals surface area contributed by atoms with E-state index in [4.69, 9.17) is 0 Å². The lowest BCUT2D eigenvalue weighted by molar-refractivity contribution is -0.139. The zero-order valence-corrected chi connectivity index (χ0v) is 21.1. The molecule has 2 atom stereocenters. The number of rotatable bonds is 10. The number of anilines is 1. The second kappa shape index (κ2) is 11.3. The first-order valence-corrected chi connectivity index (χ1v) is 13.0. The van der Waals surface area contributed by atoms with E-state index in [2.05, 4.69) is 5.32 Å².